The van der Waals surface area contributed by atoms with Crippen LogP contribution in [0.4, 0.5) is 0 Å². The van der Waals surface area contributed by atoms with Crippen LogP contribution in [-0.2, 0) is 16.0 Å². The molecule has 1 aromatic heterocycles. The van der Waals surface area contributed by atoms with Crippen LogP contribution in [0.5, 0.6) is 5.75 Å². The minimum Gasteiger partial charge on any atom is -0.544 e. The van der Waals surface area contributed by atoms with Gasteiger partial charge in [-0.05, 0) is 49.5 Å². The molecule has 1 aromatic carbocycles. The van der Waals surface area contributed by atoms with Gasteiger partial charge in [0.25, 0.3) is 5.91 Å². The molecule has 0 saturated heterocycles. The maximum atomic E-state index is 12.3. The van der Waals surface area contributed by atoms with Crippen LogP contribution in [0.3, 0.4) is 0 Å². The minimum atomic E-state index is -1.67. The third-order valence-electron chi connectivity index (χ3n) is 3.50. The van der Waals surface area contributed by atoms with Crippen LogP contribution in [0, 0.1) is 0 Å². The first-order valence-corrected chi connectivity index (χ1v) is 11.8. The first-order chi connectivity index (χ1) is 12.3. The first-order valence-electron chi connectivity index (χ1n) is 8.35. The van der Waals surface area contributed by atoms with Crippen LogP contribution >= 0.6 is 0 Å². The van der Waals surface area contributed by atoms with E-state index in [-0.39, 0.29) is 5.91 Å². The van der Waals surface area contributed by atoms with E-state index < -0.39 is 20.3 Å². The van der Waals surface area contributed by atoms with Crippen molar-refractivity contribution in [3.63, 3.8) is 0 Å². The molecular formula is C19H24N2O4Si. The Morgan fingerprint density at radius 3 is 2.38 bits per heavy atom. The number of aromatic nitrogens is 1. The molecule has 0 bridgehead atoms. The van der Waals surface area contributed by atoms with E-state index in [1.54, 1.807) is 18.3 Å². The summed E-state index contributed by atoms with van der Waals surface area (Å²) in [4.78, 5) is 28.3. The maximum absolute atomic E-state index is 12.3. The van der Waals surface area contributed by atoms with Gasteiger partial charge >= 0.3 is 5.97 Å². The lowest BCUT2D eigenvalue weighted by molar-refractivity contribution is -0.142. The molecule has 0 radical (unpaired) electrons. The van der Waals surface area contributed by atoms with Crippen molar-refractivity contribution in [2.75, 3.05) is 7.11 Å². The summed E-state index contributed by atoms with van der Waals surface area (Å²) in [6, 6.07) is 10.1. The number of rotatable bonds is 7. The molecule has 1 unspecified atom stereocenters. The highest BCUT2D eigenvalue weighted by Gasteiger charge is 2.23. The smallest absolute Gasteiger partial charge is 0.328 e. The van der Waals surface area contributed by atoms with E-state index in [4.69, 9.17) is 9.16 Å². The van der Waals surface area contributed by atoms with Gasteiger partial charge in [-0.25, -0.2) is 4.79 Å². The monoisotopic (exact) mass is 372 g/mol. The molecule has 1 atom stereocenters. The van der Waals surface area contributed by atoms with Crippen LogP contribution in [0.25, 0.3) is 0 Å². The van der Waals surface area contributed by atoms with E-state index in [0.29, 0.717) is 12.0 Å². The molecule has 138 valence electrons. The number of pyridine rings is 1. The first kappa shape index (κ1) is 19.6. The van der Waals surface area contributed by atoms with Gasteiger partial charge in [-0.2, -0.15) is 0 Å². The van der Waals surface area contributed by atoms with Gasteiger partial charge in [0.05, 0.1) is 12.7 Å². The summed E-state index contributed by atoms with van der Waals surface area (Å²) in [5.74, 6) is -0.0567. The van der Waals surface area contributed by atoms with Crippen molar-refractivity contribution in [3.8, 4) is 5.75 Å². The van der Waals surface area contributed by atoms with E-state index in [0.717, 1.165) is 11.3 Å². The van der Waals surface area contributed by atoms with Gasteiger partial charge in [-0.1, -0.05) is 12.1 Å². The Balaban J connectivity index is 2.08. The Kier molecular flexibility index (Phi) is 6.51. The van der Waals surface area contributed by atoms with Gasteiger partial charge in [0, 0.05) is 18.8 Å². The number of carbonyl (C=O) groups is 2. The molecular weight excluding hydrogens is 348 g/mol. The summed E-state index contributed by atoms with van der Waals surface area (Å²) in [6.45, 7) is 6.34. The number of amides is 1. The standard InChI is InChI=1S/C19H24N2O4Si/c1-24-19(23)17(21-18(22)15-6-5-11-20-13-15)12-14-7-9-16(10-8-14)25-26(2,3)4/h5-11,13,17H,12H2,1-4H3,(H,21,22). The van der Waals surface area contributed by atoms with E-state index >= 15 is 0 Å². The fourth-order valence-electron chi connectivity index (χ4n) is 2.36. The summed E-state index contributed by atoms with van der Waals surface area (Å²) in [5.41, 5.74) is 1.29. The number of ether oxygens (including phenoxy) is 1. The summed E-state index contributed by atoms with van der Waals surface area (Å²) < 4.78 is 10.7. The normalized spacial score (nSPS) is 12.2. The Labute approximate surface area is 154 Å². The van der Waals surface area contributed by atoms with Gasteiger partial charge in [0.2, 0.25) is 8.32 Å². The highest BCUT2D eigenvalue weighted by atomic mass is 28.4. The zero-order chi connectivity index (χ0) is 19.2. The van der Waals surface area contributed by atoms with Crippen LogP contribution in [0.1, 0.15) is 15.9 Å². The average Bonchev–Trinajstić information content (AvgIpc) is 2.61. The third-order valence-corrected chi connectivity index (χ3v) is 4.35. The SMILES string of the molecule is COC(=O)C(Cc1ccc(O[Si](C)(C)C)cc1)NC(=O)c1cccnc1. The molecule has 2 aromatic rings. The molecule has 7 heteroatoms. The molecule has 6 nitrogen and oxygen atoms in total. The second-order valence-corrected chi connectivity index (χ2v) is 11.3. The molecule has 0 aliphatic rings. The van der Waals surface area contributed by atoms with Gasteiger partial charge in [0.1, 0.15) is 11.8 Å². The van der Waals surface area contributed by atoms with Gasteiger partial charge in [-0.15, -0.1) is 0 Å². The zero-order valence-electron chi connectivity index (χ0n) is 15.5. The Bertz CT molecular complexity index is 742. The van der Waals surface area contributed by atoms with Gasteiger partial charge < -0.3 is 14.5 Å². The number of hydrogen-bond acceptors (Lipinski definition) is 5. The summed E-state index contributed by atoms with van der Waals surface area (Å²) in [5, 5.41) is 2.71. The molecule has 0 aliphatic carbocycles. The van der Waals surface area contributed by atoms with Crippen molar-refractivity contribution in [2.24, 2.45) is 0 Å². The van der Waals surface area contributed by atoms with Crippen molar-refractivity contribution in [1.82, 2.24) is 10.3 Å². The van der Waals surface area contributed by atoms with Gasteiger partial charge in [-0.3, -0.25) is 9.78 Å². The van der Waals surface area contributed by atoms with E-state index in [1.165, 1.54) is 13.3 Å². The van der Waals surface area contributed by atoms with Crippen molar-refractivity contribution in [1.29, 1.82) is 0 Å². The number of esters is 1. The van der Waals surface area contributed by atoms with E-state index in [2.05, 4.69) is 29.9 Å². The number of benzene rings is 1. The Hall–Kier alpha value is -2.67. The predicted molar refractivity (Wildman–Crippen MR) is 102 cm³/mol. The third kappa shape index (κ3) is 6.00. The molecule has 2 rings (SSSR count). The highest BCUT2D eigenvalue weighted by molar-refractivity contribution is 6.70. The molecule has 26 heavy (non-hydrogen) atoms. The molecule has 0 saturated carbocycles. The lowest BCUT2D eigenvalue weighted by atomic mass is 10.1. The van der Waals surface area contributed by atoms with Crippen LogP contribution in [0.15, 0.2) is 48.8 Å². The second-order valence-electron chi connectivity index (χ2n) is 6.85. The summed E-state index contributed by atoms with van der Waals surface area (Å²) in [7, 11) is -0.365. The van der Waals surface area contributed by atoms with Crippen molar-refractivity contribution in [3.05, 3.63) is 59.9 Å². The number of nitrogens with zero attached hydrogens (tertiary/aromatic N) is 1. The molecule has 1 heterocycles. The molecule has 0 spiro atoms. The zero-order valence-corrected chi connectivity index (χ0v) is 16.5. The molecule has 0 aliphatic heterocycles. The fourth-order valence-corrected chi connectivity index (χ4v) is 3.20. The van der Waals surface area contributed by atoms with E-state index in [9.17, 15) is 9.59 Å². The average molecular weight is 372 g/mol. The Morgan fingerprint density at radius 2 is 1.85 bits per heavy atom. The van der Waals surface area contributed by atoms with Crippen LogP contribution in [0.2, 0.25) is 19.6 Å². The number of nitrogens with one attached hydrogen (secondary N) is 1. The maximum Gasteiger partial charge on any atom is 0.328 e. The molecule has 1 N–H and O–H groups in total. The molecule has 1 amide bonds. The number of carbonyl (C=O) groups excluding carboxylic acids is 2. The number of methoxy groups -OCH3 is 1. The quantitative estimate of drug-likeness (QED) is 0.597. The second kappa shape index (κ2) is 8.62. The van der Waals surface area contributed by atoms with Gasteiger partial charge in [0.15, 0.2) is 0 Å². The minimum absolute atomic E-state index is 0.325. The summed E-state index contributed by atoms with van der Waals surface area (Å²) >= 11 is 0. The highest BCUT2D eigenvalue weighted by Crippen LogP contribution is 2.18. The van der Waals surface area contributed by atoms with Crippen molar-refractivity contribution < 1.29 is 18.8 Å². The largest absolute Gasteiger partial charge is 0.544 e. The number of hydrogen-bond donors (Lipinski definition) is 1. The Morgan fingerprint density at radius 1 is 1.15 bits per heavy atom. The van der Waals surface area contributed by atoms with E-state index in [1.807, 2.05) is 24.3 Å². The lowest BCUT2D eigenvalue weighted by Crippen LogP contribution is -2.43. The summed E-state index contributed by atoms with van der Waals surface area (Å²) in [6.07, 6.45) is 3.36. The van der Waals surface area contributed by atoms with Crippen LogP contribution in [-0.4, -0.2) is 38.3 Å². The fraction of sp³-hybridized carbons (Fsp3) is 0.316. The van der Waals surface area contributed by atoms with Crippen molar-refractivity contribution in [2.45, 2.75) is 32.1 Å². The molecule has 0 fully saturated rings. The van der Waals surface area contributed by atoms with Crippen molar-refractivity contribution >= 4 is 20.2 Å². The topological polar surface area (TPSA) is 77.5 Å². The van der Waals surface area contributed by atoms with Crippen LogP contribution < -0.4 is 9.74 Å². The lowest BCUT2D eigenvalue weighted by Gasteiger charge is -2.20. The predicted octanol–water partition coefficient (Wildman–Crippen LogP) is 2.81.